The lowest BCUT2D eigenvalue weighted by molar-refractivity contribution is 0.540. The number of nitrogens with zero attached hydrogens (tertiary/aromatic N) is 5. The van der Waals surface area contributed by atoms with Gasteiger partial charge in [-0.25, -0.2) is 4.39 Å². The van der Waals surface area contributed by atoms with Gasteiger partial charge in [0.25, 0.3) is 0 Å². The summed E-state index contributed by atoms with van der Waals surface area (Å²) in [5.41, 5.74) is 2.20. The van der Waals surface area contributed by atoms with Gasteiger partial charge in [-0.15, -0.1) is 0 Å². The SMILES string of the molecule is Fc1ccccc1C1C=C(c2cccnc2)Nc2nnnn21. The number of halogens is 1. The summed E-state index contributed by atoms with van der Waals surface area (Å²) >= 11 is 0. The van der Waals surface area contributed by atoms with Crippen LogP contribution in [0.1, 0.15) is 17.2 Å². The van der Waals surface area contributed by atoms with E-state index in [0.717, 1.165) is 11.3 Å². The summed E-state index contributed by atoms with van der Waals surface area (Å²) in [5, 5.41) is 14.7. The Balaban J connectivity index is 1.86. The van der Waals surface area contributed by atoms with Crippen LogP contribution in [0.5, 0.6) is 0 Å². The van der Waals surface area contributed by atoms with Crippen molar-refractivity contribution in [1.82, 2.24) is 25.2 Å². The monoisotopic (exact) mass is 294 g/mol. The highest BCUT2D eigenvalue weighted by Gasteiger charge is 2.26. The van der Waals surface area contributed by atoms with Crippen molar-refractivity contribution in [2.45, 2.75) is 6.04 Å². The molecule has 1 aliphatic heterocycles. The van der Waals surface area contributed by atoms with Crippen molar-refractivity contribution in [3.05, 3.63) is 71.8 Å². The van der Waals surface area contributed by atoms with Crippen LogP contribution in [0.2, 0.25) is 0 Å². The highest BCUT2D eigenvalue weighted by atomic mass is 19.1. The Morgan fingerprint density at radius 3 is 2.86 bits per heavy atom. The second-order valence-electron chi connectivity index (χ2n) is 4.86. The van der Waals surface area contributed by atoms with E-state index in [1.165, 1.54) is 6.07 Å². The molecule has 1 unspecified atom stereocenters. The lowest BCUT2D eigenvalue weighted by Gasteiger charge is -2.23. The number of hydrogen-bond donors (Lipinski definition) is 1. The highest BCUT2D eigenvalue weighted by Crippen LogP contribution is 2.32. The van der Waals surface area contributed by atoms with E-state index in [1.54, 1.807) is 35.3 Å². The third-order valence-electron chi connectivity index (χ3n) is 3.52. The first-order valence-electron chi connectivity index (χ1n) is 6.74. The Kier molecular flexibility index (Phi) is 2.89. The number of benzene rings is 1. The zero-order valence-corrected chi connectivity index (χ0v) is 11.4. The fourth-order valence-corrected chi connectivity index (χ4v) is 2.48. The van der Waals surface area contributed by atoms with Gasteiger partial charge in [0.15, 0.2) is 0 Å². The minimum absolute atomic E-state index is 0.294. The predicted molar refractivity (Wildman–Crippen MR) is 78.2 cm³/mol. The Labute approximate surface area is 125 Å². The van der Waals surface area contributed by atoms with Gasteiger partial charge in [0.1, 0.15) is 11.9 Å². The van der Waals surface area contributed by atoms with Crippen molar-refractivity contribution < 1.29 is 4.39 Å². The molecule has 0 aliphatic carbocycles. The van der Waals surface area contributed by atoms with E-state index in [4.69, 9.17) is 0 Å². The molecule has 0 saturated carbocycles. The van der Waals surface area contributed by atoms with Gasteiger partial charge >= 0.3 is 0 Å². The Morgan fingerprint density at radius 2 is 2.05 bits per heavy atom. The third-order valence-corrected chi connectivity index (χ3v) is 3.52. The van der Waals surface area contributed by atoms with E-state index in [0.29, 0.717) is 11.5 Å². The number of aromatic nitrogens is 5. The highest BCUT2D eigenvalue weighted by molar-refractivity contribution is 5.76. The Bertz CT molecular complexity index is 842. The van der Waals surface area contributed by atoms with Gasteiger partial charge in [0.05, 0.1) is 0 Å². The molecule has 1 aromatic carbocycles. The number of anilines is 1. The van der Waals surface area contributed by atoms with Crippen LogP contribution in [0.15, 0.2) is 54.9 Å². The van der Waals surface area contributed by atoms with Crippen molar-refractivity contribution in [1.29, 1.82) is 0 Å². The quantitative estimate of drug-likeness (QED) is 0.785. The van der Waals surface area contributed by atoms with Crippen molar-refractivity contribution in [3.63, 3.8) is 0 Å². The number of hydrogen-bond acceptors (Lipinski definition) is 5. The fraction of sp³-hybridized carbons (Fsp3) is 0.0667. The molecular weight excluding hydrogens is 283 g/mol. The topological polar surface area (TPSA) is 68.5 Å². The molecule has 0 fully saturated rings. The number of fused-ring (bicyclic) bond motifs is 1. The van der Waals surface area contributed by atoms with Gasteiger partial charge in [0.2, 0.25) is 5.95 Å². The second-order valence-corrected chi connectivity index (χ2v) is 4.86. The van der Waals surface area contributed by atoms with Gasteiger partial charge in [-0.05, 0) is 34.7 Å². The molecule has 0 amide bonds. The number of allylic oxidation sites excluding steroid dienone is 1. The minimum atomic E-state index is -0.414. The standard InChI is InChI=1S/C15H11FN6/c16-12-6-2-1-5-11(12)14-8-13(10-4-3-7-17-9-10)18-15-19-20-21-22(14)15/h1-9,14H,(H,18,19,21). The number of rotatable bonds is 2. The molecule has 0 radical (unpaired) electrons. The maximum absolute atomic E-state index is 14.2. The average Bonchev–Trinajstić information content (AvgIpc) is 3.04. The number of nitrogens with one attached hydrogen (secondary N) is 1. The zero-order valence-electron chi connectivity index (χ0n) is 11.4. The summed E-state index contributed by atoms with van der Waals surface area (Å²) in [6.07, 6.45) is 5.32. The molecule has 0 bridgehead atoms. The molecule has 2 aromatic heterocycles. The van der Waals surface area contributed by atoms with Crippen LogP contribution in [0.4, 0.5) is 10.3 Å². The Morgan fingerprint density at radius 1 is 1.14 bits per heavy atom. The molecule has 0 saturated heterocycles. The van der Waals surface area contributed by atoms with Crippen LogP contribution in [0.3, 0.4) is 0 Å². The summed E-state index contributed by atoms with van der Waals surface area (Å²) in [6.45, 7) is 0. The largest absolute Gasteiger partial charge is 0.323 e. The fourth-order valence-electron chi connectivity index (χ4n) is 2.48. The first kappa shape index (κ1) is 12.6. The molecule has 3 aromatic rings. The Hall–Kier alpha value is -3.09. The molecule has 1 atom stereocenters. The van der Waals surface area contributed by atoms with Gasteiger partial charge < -0.3 is 5.32 Å². The zero-order chi connectivity index (χ0) is 14.9. The van der Waals surface area contributed by atoms with E-state index < -0.39 is 6.04 Å². The van der Waals surface area contributed by atoms with Crippen LogP contribution >= 0.6 is 0 Å². The molecule has 1 N–H and O–H groups in total. The van der Waals surface area contributed by atoms with Gasteiger partial charge in [0, 0.05) is 29.2 Å². The average molecular weight is 294 g/mol. The first-order chi connectivity index (χ1) is 10.8. The molecule has 3 heterocycles. The molecular formula is C15H11FN6. The van der Waals surface area contributed by atoms with Crippen LogP contribution in [-0.4, -0.2) is 25.2 Å². The van der Waals surface area contributed by atoms with Crippen molar-refractivity contribution in [2.75, 3.05) is 5.32 Å². The number of pyridine rings is 1. The molecule has 4 rings (SSSR count). The van der Waals surface area contributed by atoms with Crippen LogP contribution in [0.25, 0.3) is 5.70 Å². The summed E-state index contributed by atoms with van der Waals surface area (Å²) < 4.78 is 15.7. The van der Waals surface area contributed by atoms with Crippen molar-refractivity contribution >= 4 is 11.6 Å². The van der Waals surface area contributed by atoms with Gasteiger partial charge in [-0.3, -0.25) is 4.98 Å². The maximum Gasteiger partial charge on any atom is 0.248 e. The molecule has 1 aliphatic rings. The maximum atomic E-state index is 14.2. The lowest BCUT2D eigenvalue weighted by Crippen LogP contribution is -2.21. The lowest BCUT2D eigenvalue weighted by atomic mass is 10.0. The molecule has 7 heteroatoms. The number of tetrazole rings is 1. The van der Waals surface area contributed by atoms with E-state index in [1.807, 2.05) is 18.2 Å². The summed E-state index contributed by atoms with van der Waals surface area (Å²) in [6, 6.07) is 9.96. The minimum Gasteiger partial charge on any atom is -0.323 e. The normalized spacial score (nSPS) is 16.6. The van der Waals surface area contributed by atoms with Crippen LogP contribution in [-0.2, 0) is 0 Å². The first-order valence-corrected chi connectivity index (χ1v) is 6.74. The smallest absolute Gasteiger partial charge is 0.248 e. The van der Waals surface area contributed by atoms with Gasteiger partial charge in [-0.2, -0.15) is 4.68 Å². The van der Waals surface area contributed by atoms with E-state index in [-0.39, 0.29) is 5.82 Å². The van der Waals surface area contributed by atoms with E-state index >= 15 is 0 Å². The molecule has 22 heavy (non-hydrogen) atoms. The summed E-state index contributed by atoms with van der Waals surface area (Å²) in [7, 11) is 0. The molecule has 108 valence electrons. The van der Waals surface area contributed by atoms with Crippen LogP contribution in [0, 0.1) is 5.82 Å². The second kappa shape index (κ2) is 5.03. The van der Waals surface area contributed by atoms with E-state index in [9.17, 15) is 4.39 Å². The van der Waals surface area contributed by atoms with E-state index in [2.05, 4.69) is 25.8 Å². The van der Waals surface area contributed by atoms with Crippen molar-refractivity contribution in [3.8, 4) is 0 Å². The van der Waals surface area contributed by atoms with Gasteiger partial charge in [-0.1, -0.05) is 23.3 Å². The molecule has 6 nitrogen and oxygen atoms in total. The molecule has 0 spiro atoms. The summed E-state index contributed by atoms with van der Waals surface area (Å²) in [4.78, 5) is 4.11. The van der Waals surface area contributed by atoms with Crippen molar-refractivity contribution in [2.24, 2.45) is 0 Å². The summed E-state index contributed by atoms with van der Waals surface area (Å²) in [5.74, 6) is 0.173. The third kappa shape index (κ3) is 2.03. The van der Waals surface area contributed by atoms with Crippen LogP contribution < -0.4 is 5.32 Å². The predicted octanol–water partition coefficient (Wildman–Crippen LogP) is 2.26.